The van der Waals surface area contributed by atoms with Crippen molar-refractivity contribution >= 4 is 0 Å². The Labute approximate surface area is 357 Å². The van der Waals surface area contributed by atoms with Gasteiger partial charge in [0.25, 0.3) is 0 Å². The molecular formula is C44H72O17. The number of rotatable bonds is 8. The molecule has 0 unspecified atom stereocenters. The van der Waals surface area contributed by atoms with Crippen molar-refractivity contribution in [3.8, 4) is 0 Å². The zero-order valence-corrected chi connectivity index (χ0v) is 36.0. The van der Waals surface area contributed by atoms with Gasteiger partial charge in [0.1, 0.15) is 67.1 Å². The first-order valence-corrected chi connectivity index (χ1v) is 23.2. The van der Waals surface area contributed by atoms with Gasteiger partial charge >= 0.3 is 0 Å². The minimum Gasteiger partial charge on any atom is -0.394 e. The maximum atomic E-state index is 11.6. The molecular weight excluding hydrogens is 800 g/mol. The molecule has 61 heavy (non-hydrogen) atoms. The quantitative estimate of drug-likeness (QED) is 0.145. The summed E-state index contributed by atoms with van der Waals surface area (Å²) in [6, 6.07) is 0. The number of fused-ring (bicyclic) bond motifs is 7. The predicted octanol–water partition coefficient (Wildman–Crippen LogP) is -0.0945. The largest absolute Gasteiger partial charge is 0.394 e. The van der Waals surface area contributed by atoms with Crippen LogP contribution < -0.4 is 0 Å². The molecule has 4 aliphatic carbocycles. The summed E-state index contributed by atoms with van der Waals surface area (Å²) in [5.41, 5.74) is 0.357. The fraction of sp³-hybridized carbons (Fsp3) is 1.00. The second kappa shape index (κ2) is 17.2. The average molecular weight is 873 g/mol. The number of aliphatic hydroxyl groups excluding tert-OH is 9. The summed E-state index contributed by atoms with van der Waals surface area (Å²) in [6.45, 7) is 9.00. The lowest BCUT2D eigenvalue weighted by Gasteiger charge is -2.61. The number of hydrogen-bond acceptors (Lipinski definition) is 17. The molecule has 17 nitrogen and oxygen atoms in total. The van der Waals surface area contributed by atoms with Gasteiger partial charge in [-0.25, -0.2) is 0 Å². The maximum Gasteiger partial charge on any atom is 0.187 e. The zero-order valence-electron chi connectivity index (χ0n) is 36.0. The van der Waals surface area contributed by atoms with E-state index in [1.807, 2.05) is 0 Å². The van der Waals surface area contributed by atoms with Crippen LogP contribution in [0.2, 0.25) is 0 Å². The third-order valence-electron chi connectivity index (χ3n) is 17.9. The zero-order chi connectivity index (χ0) is 43.3. The highest BCUT2D eigenvalue weighted by Gasteiger charge is 2.69. The van der Waals surface area contributed by atoms with E-state index in [0.29, 0.717) is 41.4 Å². The third-order valence-corrected chi connectivity index (χ3v) is 17.9. The summed E-state index contributed by atoms with van der Waals surface area (Å²) in [5, 5.41) is 94.9. The normalized spacial score (nSPS) is 58.5. The molecule has 0 aromatic heterocycles. The Balaban J connectivity index is 0.862. The molecule has 350 valence electrons. The van der Waals surface area contributed by atoms with E-state index in [-0.39, 0.29) is 29.6 Å². The first kappa shape index (κ1) is 45.5. The molecule has 0 bridgehead atoms. The van der Waals surface area contributed by atoms with Crippen LogP contribution in [0.1, 0.15) is 91.9 Å². The monoisotopic (exact) mass is 872 g/mol. The molecule has 9 N–H and O–H groups in total. The highest BCUT2D eigenvalue weighted by atomic mass is 16.8. The first-order valence-electron chi connectivity index (χ1n) is 23.2. The van der Waals surface area contributed by atoms with E-state index in [0.717, 1.165) is 58.0 Å². The van der Waals surface area contributed by atoms with Crippen LogP contribution in [0.15, 0.2) is 0 Å². The Kier molecular flexibility index (Phi) is 12.8. The van der Waals surface area contributed by atoms with Crippen LogP contribution in [-0.2, 0) is 37.9 Å². The second-order valence-corrected chi connectivity index (χ2v) is 21.1. The molecule has 5 aliphatic heterocycles. The minimum atomic E-state index is -1.81. The molecule has 17 heteroatoms. The predicted molar refractivity (Wildman–Crippen MR) is 210 cm³/mol. The third kappa shape index (κ3) is 7.68. The standard InChI is InChI=1S/C44H72O17/c1-19-7-12-44(56-16-19)20(2)30-27(61-44)14-25-23-6-5-21-13-22(8-10-42(21,3)24(23)9-11-43(25,30)4)57-40-37(53)34(50)38(60-41-36(52)33(49)32(48)28(15-45)58-41)29(59-40)18-55-39-35(51)31(47)26(46)17-54-39/h19-41,45-53H,5-18H2,1-4H3/t19-,20-,21-,22-,23+,24-,25-,26-,27-,28+,29+,30-,31-,32+,33-,34+,35+,36+,37+,38+,39-,40+,41-,42-,43-,44+/m0/s1. The van der Waals surface area contributed by atoms with Crippen molar-refractivity contribution in [2.75, 3.05) is 26.4 Å². The molecule has 0 aromatic rings. The fourth-order valence-electron chi connectivity index (χ4n) is 14.3. The lowest BCUT2D eigenvalue weighted by Crippen LogP contribution is -2.65. The molecule has 4 saturated carbocycles. The van der Waals surface area contributed by atoms with Gasteiger partial charge in [0.05, 0.1) is 38.6 Å². The summed E-state index contributed by atoms with van der Waals surface area (Å²) >= 11 is 0. The van der Waals surface area contributed by atoms with E-state index in [1.165, 1.54) is 12.8 Å². The molecule has 9 aliphatic rings. The SMILES string of the molecule is C[C@H]1CC[C@@]2(OC1)O[C@H]1C[C@H]3[C@@H]4CC[C@H]5C[C@@H](O[C@@H]6O[C@H](CO[C@@H]7OC[C@H](O)[C@H](O)[C@H]7O)[C@@H](O[C@@H]7O[C@H](CO)[C@@H](O)[C@H](O)[C@H]7O)[C@H](O)[C@H]6O)CC[C@]5(C)[C@H]4CC[C@]3(C)[C@H]1[C@@H]2C. The van der Waals surface area contributed by atoms with Crippen molar-refractivity contribution in [1.29, 1.82) is 0 Å². The van der Waals surface area contributed by atoms with Crippen LogP contribution in [0.3, 0.4) is 0 Å². The molecule has 5 saturated heterocycles. The fourth-order valence-corrected chi connectivity index (χ4v) is 14.3. The molecule has 26 atom stereocenters. The second-order valence-electron chi connectivity index (χ2n) is 21.1. The minimum absolute atomic E-state index is 0.128. The summed E-state index contributed by atoms with van der Waals surface area (Å²) in [7, 11) is 0. The van der Waals surface area contributed by atoms with Crippen molar-refractivity contribution in [2.45, 2.75) is 196 Å². The van der Waals surface area contributed by atoms with Gasteiger partial charge < -0.3 is 83.9 Å². The van der Waals surface area contributed by atoms with E-state index in [2.05, 4.69) is 27.7 Å². The van der Waals surface area contributed by atoms with Crippen LogP contribution in [0.5, 0.6) is 0 Å². The summed E-state index contributed by atoms with van der Waals surface area (Å²) in [4.78, 5) is 0. The lowest BCUT2D eigenvalue weighted by molar-refractivity contribution is -0.369. The van der Waals surface area contributed by atoms with Crippen LogP contribution in [-0.4, -0.2) is 176 Å². The molecule has 9 fully saturated rings. The summed E-state index contributed by atoms with van der Waals surface area (Å²) < 4.78 is 49.0. The van der Waals surface area contributed by atoms with Gasteiger partial charge in [-0.15, -0.1) is 0 Å². The Hall–Kier alpha value is -0.680. The van der Waals surface area contributed by atoms with Gasteiger partial charge in [-0.3, -0.25) is 0 Å². The van der Waals surface area contributed by atoms with Crippen LogP contribution in [0.4, 0.5) is 0 Å². The Bertz CT molecular complexity index is 1520. The summed E-state index contributed by atoms with van der Waals surface area (Å²) in [6.07, 6.45) is -11.2. The molecule has 0 radical (unpaired) electrons. The topological polar surface area (TPSA) is 256 Å². The molecule has 5 heterocycles. The van der Waals surface area contributed by atoms with Gasteiger partial charge in [-0.05, 0) is 104 Å². The molecule has 1 spiro atoms. The maximum absolute atomic E-state index is 11.6. The number of hydrogen-bond donors (Lipinski definition) is 9. The van der Waals surface area contributed by atoms with E-state index in [1.54, 1.807) is 0 Å². The highest BCUT2D eigenvalue weighted by molar-refractivity contribution is 5.15. The Morgan fingerprint density at radius 2 is 1.34 bits per heavy atom. The van der Waals surface area contributed by atoms with Crippen molar-refractivity contribution in [2.24, 2.45) is 52.3 Å². The first-order chi connectivity index (χ1) is 29.0. The van der Waals surface area contributed by atoms with Gasteiger partial charge in [-0.2, -0.15) is 0 Å². The van der Waals surface area contributed by atoms with Gasteiger partial charge in [0.2, 0.25) is 0 Å². The Morgan fingerprint density at radius 1 is 0.639 bits per heavy atom. The number of aliphatic hydroxyl groups is 9. The van der Waals surface area contributed by atoms with Crippen molar-refractivity contribution < 1.29 is 83.9 Å². The molecule has 0 amide bonds. The van der Waals surface area contributed by atoms with Gasteiger partial charge in [0, 0.05) is 12.3 Å². The van der Waals surface area contributed by atoms with Crippen LogP contribution in [0, 0.1) is 52.3 Å². The van der Waals surface area contributed by atoms with E-state index < -0.39 is 105 Å². The van der Waals surface area contributed by atoms with Crippen LogP contribution >= 0.6 is 0 Å². The highest BCUT2D eigenvalue weighted by Crippen LogP contribution is 2.71. The van der Waals surface area contributed by atoms with Crippen molar-refractivity contribution in [3.05, 3.63) is 0 Å². The van der Waals surface area contributed by atoms with Crippen molar-refractivity contribution in [3.63, 3.8) is 0 Å². The molecule has 0 aromatic carbocycles. The van der Waals surface area contributed by atoms with Crippen molar-refractivity contribution in [1.82, 2.24) is 0 Å². The Morgan fingerprint density at radius 3 is 2.08 bits per heavy atom. The summed E-state index contributed by atoms with van der Waals surface area (Å²) in [5.74, 6) is 3.28. The number of ether oxygens (including phenoxy) is 8. The van der Waals surface area contributed by atoms with E-state index in [9.17, 15) is 46.0 Å². The average Bonchev–Trinajstić information content (AvgIpc) is 3.69. The van der Waals surface area contributed by atoms with E-state index in [4.69, 9.17) is 37.9 Å². The molecule has 9 rings (SSSR count). The van der Waals surface area contributed by atoms with Gasteiger partial charge in [0.15, 0.2) is 24.7 Å². The lowest BCUT2D eigenvalue weighted by atomic mass is 9.44. The van der Waals surface area contributed by atoms with Gasteiger partial charge in [-0.1, -0.05) is 27.7 Å². The smallest absolute Gasteiger partial charge is 0.187 e. The van der Waals surface area contributed by atoms with Crippen LogP contribution in [0.25, 0.3) is 0 Å². The van der Waals surface area contributed by atoms with E-state index >= 15 is 0 Å².